The van der Waals surface area contributed by atoms with Gasteiger partial charge in [0.05, 0.1) is 6.61 Å². The van der Waals surface area contributed by atoms with Crippen LogP contribution in [0, 0.1) is 0 Å². The van der Waals surface area contributed by atoms with Crippen LogP contribution in [-0.4, -0.2) is 48.5 Å². The maximum absolute atomic E-state index is 12.6. The highest BCUT2D eigenvalue weighted by atomic mass is 32.1. The zero-order valence-corrected chi connectivity index (χ0v) is 14.2. The van der Waals surface area contributed by atoms with Crippen molar-refractivity contribution in [2.45, 2.75) is 13.5 Å². The van der Waals surface area contributed by atoms with Gasteiger partial charge in [0.2, 0.25) is 0 Å². The number of rotatable bonds is 5. The van der Waals surface area contributed by atoms with E-state index in [1.54, 1.807) is 11.3 Å². The fourth-order valence-corrected chi connectivity index (χ4v) is 3.52. The second-order valence-electron chi connectivity index (χ2n) is 5.61. The number of piperazine rings is 1. The van der Waals surface area contributed by atoms with Crippen molar-refractivity contribution in [1.29, 1.82) is 0 Å². The molecule has 5 heteroatoms. The summed E-state index contributed by atoms with van der Waals surface area (Å²) in [6.45, 7) is 7.02. The molecular weight excluding hydrogens is 308 g/mol. The van der Waals surface area contributed by atoms with Crippen molar-refractivity contribution in [3.63, 3.8) is 0 Å². The number of carbonyl (C=O) groups excluding carboxylic acids is 1. The fraction of sp³-hybridized carbons (Fsp3) is 0.389. The third-order valence-corrected chi connectivity index (χ3v) is 4.89. The average Bonchev–Trinajstić information content (AvgIpc) is 3.09. The molecule has 0 bridgehead atoms. The Morgan fingerprint density at radius 3 is 2.48 bits per heavy atom. The zero-order valence-electron chi connectivity index (χ0n) is 13.4. The smallest absolute Gasteiger partial charge is 0.253 e. The summed E-state index contributed by atoms with van der Waals surface area (Å²) in [5.74, 6) is 0.925. The summed E-state index contributed by atoms with van der Waals surface area (Å²) < 4.78 is 5.42. The highest BCUT2D eigenvalue weighted by molar-refractivity contribution is 7.09. The second kappa shape index (κ2) is 7.62. The summed E-state index contributed by atoms with van der Waals surface area (Å²) in [5, 5.41) is 2.11. The Morgan fingerprint density at radius 2 is 1.87 bits per heavy atom. The number of hydrogen-bond acceptors (Lipinski definition) is 4. The Labute approximate surface area is 141 Å². The zero-order chi connectivity index (χ0) is 16.1. The molecule has 1 aromatic heterocycles. The molecule has 1 aromatic carbocycles. The lowest BCUT2D eigenvalue weighted by Crippen LogP contribution is -2.48. The van der Waals surface area contributed by atoms with Gasteiger partial charge in [0.25, 0.3) is 5.91 Å². The topological polar surface area (TPSA) is 32.8 Å². The molecule has 1 fully saturated rings. The van der Waals surface area contributed by atoms with Crippen LogP contribution < -0.4 is 4.74 Å². The molecule has 1 saturated heterocycles. The van der Waals surface area contributed by atoms with Crippen molar-refractivity contribution in [1.82, 2.24) is 9.80 Å². The Kier molecular flexibility index (Phi) is 5.31. The molecule has 0 aliphatic carbocycles. The average molecular weight is 330 g/mol. The maximum Gasteiger partial charge on any atom is 0.253 e. The van der Waals surface area contributed by atoms with Crippen molar-refractivity contribution < 1.29 is 9.53 Å². The SMILES string of the molecule is CCOc1ccc(C(=O)N2CCN(Cc3cccs3)CC2)cc1. The number of benzene rings is 1. The van der Waals surface area contributed by atoms with Gasteiger partial charge in [-0.3, -0.25) is 9.69 Å². The molecule has 122 valence electrons. The van der Waals surface area contributed by atoms with Gasteiger partial charge in [-0.05, 0) is 42.6 Å². The highest BCUT2D eigenvalue weighted by Crippen LogP contribution is 2.17. The predicted molar refractivity (Wildman–Crippen MR) is 93.1 cm³/mol. The lowest BCUT2D eigenvalue weighted by molar-refractivity contribution is 0.0629. The molecule has 2 heterocycles. The lowest BCUT2D eigenvalue weighted by Gasteiger charge is -2.34. The van der Waals surface area contributed by atoms with Gasteiger partial charge in [-0.2, -0.15) is 0 Å². The molecule has 23 heavy (non-hydrogen) atoms. The van der Waals surface area contributed by atoms with Crippen LogP contribution in [0.1, 0.15) is 22.2 Å². The largest absolute Gasteiger partial charge is 0.494 e. The van der Waals surface area contributed by atoms with Gasteiger partial charge in [-0.25, -0.2) is 0 Å². The first-order valence-electron chi connectivity index (χ1n) is 8.03. The van der Waals surface area contributed by atoms with Crippen LogP contribution in [0.4, 0.5) is 0 Å². The number of amides is 1. The van der Waals surface area contributed by atoms with Crippen LogP contribution in [0.5, 0.6) is 5.75 Å². The second-order valence-corrected chi connectivity index (χ2v) is 6.64. The summed E-state index contributed by atoms with van der Waals surface area (Å²) in [4.78, 5) is 18.3. The minimum Gasteiger partial charge on any atom is -0.494 e. The monoisotopic (exact) mass is 330 g/mol. The van der Waals surface area contributed by atoms with E-state index in [-0.39, 0.29) is 5.91 Å². The first-order valence-corrected chi connectivity index (χ1v) is 8.91. The van der Waals surface area contributed by atoms with E-state index in [1.165, 1.54) is 4.88 Å². The molecule has 3 rings (SSSR count). The standard InChI is InChI=1S/C18H22N2O2S/c1-2-22-16-7-5-15(6-8-16)18(21)20-11-9-19(10-12-20)14-17-4-3-13-23-17/h3-8,13H,2,9-12,14H2,1H3. The van der Waals surface area contributed by atoms with Gasteiger partial charge in [-0.15, -0.1) is 11.3 Å². The molecule has 4 nitrogen and oxygen atoms in total. The van der Waals surface area contributed by atoms with Crippen LogP contribution in [0.3, 0.4) is 0 Å². The third-order valence-electron chi connectivity index (χ3n) is 4.03. The maximum atomic E-state index is 12.6. The minimum absolute atomic E-state index is 0.115. The summed E-state index contributed by atoms with van der Waals surface area (Å²) in [5.41, 5.74) is 0.736. The van der Waals surface area contributed by atoms with E-state index in [1.807, 2.05) is 36.1 Å². The van der Waals surface area contributed by atoms with Crippen LogP contribution in [0.25, 0.3) is 0 Å². The van der Waals surface area contributed by atoms with Crippen molar-refractivity contribution >= 4 is 17.2 Å². The molecule has 0 saturated carbocycles. The van der Waals surface area contributed by atoms with E-state index in [4.69, 9.17) is 4.74 Å². The molecular formula is C18H22N2O2S. The minimum atomic E-state index is 0.115. The fourth-order valence-electron chi connectivity index (χ4n) is 2.77. The molecule has 0 unspecified atom stereocenters. The Balaban J connectivity index is 1.53. The Morgan fingerprint density at radius 1 is 1.13 bits per heavy atom. The lowest BCUT2D eigenvalue weighted by atomic mass is 10.1. The molecule has 1 aliphatic rings. The van der Waals surface area contributed by atoms with E-state index < -0.39 is 0 Å². The van der Waals surface area contributed by atoms with Gasteiger partial charge >= 0.3 is 0 Å². The van der Waals surface area contributed by atoms with Gasteiger partial charge in [0.15, 0.2) is 0 Å². The first-order chi connectivity index (χ1) is 11.3. The van der Waals surface area contributed by atoms with E-state index in [0.29, 0.717) is 6.61 Å². The van der Waals surface area contributed by atoms with Gasteiger partial charge < -0.3 is 9.64 Å². The number of ether oxygens (including phenoxy) is 1. The number of thiophene rings is 1. The van der Waals surface area contributed by atoms with Gasteiger partial charge in [0.1, 0.15) is 5.75 Å². The summed E-state index contributed by atoms with van der Waals surface area (Å²) in [6, 6.07) is 11.7. The van der Waals surface area contributed by atoms with E-state index in [0.717, 1.165) is 44.0 Å². The van der Waals surface area contributed by atoms with Crippen LogP contribution in [-0.2, 0) is 6.54 Å². The van der Waals surface area contributed by atoms with E-state index in [9.17, 15) is 4.79 Å². The van der Waals surface area contributed by atoms with E-state index >= 15 is 0 Å². The van der Waals surface area contributed by atoms with E-state index in [2.05, 4.69) is 22.4 Å². The van der Waals surface area contributed by atoms with Crippen molar-refractivity contribution in [2.75, 3.05) is 32.8 Å². The quantitative estimate of drug-likeness (QED) is 0.844. The predicted octanol–water partition coefficient (Wildman–Crippen LogP) is 3.10. The molecule has 0 spiro atoms. The van der Waals surface area contributed by atoms with Gasteiger partial charge in [-0.1, -0.05) is 6.07 Å². The summed E-state index contributed by atoms with van der Waals surface area (Å²) in [7, 11) is 0. The summed E-state index contributed by atoms with van der Waals surface area (Å²) in [6.07, 6.45) is 0. The molecule has 0 N–H and O–H groups in total. The molecule has 0 atom stereocenters. The normalized spacial score (nSPS) is 15.6. The number of nitrogens with zero attached hydrogens (tertiary/aromatic N) is 2. The molecule has 1 amide bonds. The van der Waals surface area contributed by atoms with Crippen LogP contribution in [0.15, 0.2) is 41.8 Å². The van der Waals surface area contributed by atoms with Crippen molar-refractivity contribution in [3.8, 4) is 5.75 Å². The molecule has 2 aromatic rings. The molecule has 1 aliphatic heterocycles. The highest BCUT2D eigenvalue weighted by Gasteiger charge is 2.22. The molecule has 0 radical (unpaired) electrons. The Hall–Kier alpha value is -1.85. The van der Waals surface area contributed by atoms with Crippen molar-refractivity contribution in [2.24, 2.45) is 0 Å². The van der Waals surface area contributed by atoms with Crippen LogP contribution in [0.2, 0.25) is 0 Å². The number of carbonyl (C=O) groups is 1. The number of hydrogen-bond donors (Lipinski definition) is 0. The Bertz CT molecular complexity index is 617. The van der Waals surface area contributed by atoms with Crippen LogP contribution >= 0.6 is 11.3 Å². The van der Waals surface area contributed by atoms with Gasteiger partial charge in [0, 0.05) is 43.2 Å². The first kappa shape index (κ1) is 16.0. The third kappa shape index (κ3) is 4.12. The van der Waals surface area contributed by atoms with Crippen molar-refractivity contribution in [3.05, 3.63) is 52.2 Å². The summed E-state index contributed by atoms with van der Waals surface area (Å²) >= 11 is 1.79.